The van der Waals surface area contributed by atoms with E-state index in [1.807, 2.05) is 0 Å². The molecule has 0 radical (unpaired) electrons. The summed E-state index contributed by atoms with van der Waals surface area (Å²) in [7, 11) is -4.15. The molecule has 0 bridgehead atoms. The second-order valence-corrected chi connectivity index (χ2v) is 8.62. The van der Waals surface area contributed by atoms with Crippen molar-refractivity contribution in [3.8, 4) is 5.75 Å². The predicted molar refractivity (Wildman–Crippen MR) is 99.7 cm³/mol. The molecule has 3 rings (SSSR count). The molecule has 31 heavy (non-hydrogen) atoms. The van der Waals surface area contributed by atoms with Gasteiger partial charge in [-0.3, -0.25) is 4.79 Å². The number of nitrogens with one attached hydrogen (secondary N) is 1. The predicted octanol–water partition coefficient (Wildman–Crippen LogP) is 3.90. The number of hydrogen-bond acceptors (Lipinski definition) is 4. The lowest BCUT2D eigenvalue weighted by Crippen LogP contribution is -2.49. The zero-order valence-corrected chi connectivity index (χ0v) is 17.0. The fourth-order valence-electron chi connectivity index (χ4n) is 2.61. The van der Waals surface area contributed by atoms with E-state index in [0.717, 1.165) is 16.4 Å². The standard InChI is InChI=1S/C18H14ClF5N2O4S/c19-14-7-11(2-3-13(14)18(22,23)24)30-9-10-6-16(21)12(8-15(10)20)17(27)25-31(28,29)26-4-1-5-26/h2-3,6-8H,1,4-5,9H2,(H,25,27). The zero-order valence-electron chi connectivity index (χ0n) is 15.5. The normalized spacial score (nSPS) is 14.8. The first-order valence-corrected chi connectivity index (χ1v) is 10.5. The first kappa shape index (κ1) is 23.2. The van der Waals surface area contributed by atoms with Gasteiger partial charge in [0.05, 0.1) is 16.1 Å². The maximum Gasteiger partial charge on any atom is 0.417 e. The Bertz CT molecular complexity index is 1120. The van der Waals surface area contributed by atoms with Gasteiger partial charge in [-0.15, -0.1) is 0 Å². The minimum atomic E-state index is -4.66. The molecule has 1 saturated heterocycles. The second kappa shape index (κ2) is 8.60. The molecule has 0 spiro atoms. The van der Waals surface area contributed by atoms with E-state index in [1.165, 1.54) is 0 Å². The van der Waals surface area contributed by atoms with E-state index in [4.69, 9.17) is 16.3 Å². The number of alkyl halides is 3. The van der Waals surface area contributed by atoms with Gasteiger partial charge in [0.2, 0.25) is 0 Å². The summed E-state index contributed by atoms with van der Waals surface area (Å²) < 4.78 is 98.3. The number of carbonyl (C=O) groups excluding carboxylic acids is 1. The molecule has 0 unspecified atom stereocenters. The maximum atomic E-state index is 14.3. The number of ether oxygens (including phenoxy) is 1. The Morgan fingerprint density at radius 2 is 1.81 bits per heavy atom. The quantitative estimate of drug-likeness (QED) is 0.631. The molecule has 0 saturated carbocycles. The summed E-state index contributed by atoms with van der Waals surface area (Å²) in [5.74, 6) is -3.75. The van der Waals surface area contributed by atoms with Crippen LogP contribution in [0.1, 0.15) is 27.9 Å². The summed E-state index contributed by atoms with van der Waals surface area (Å²) in [5, 5.41) is -0.632. The summed E-state index contributed by atoms with van der Waals surface area (Å²) in [4.78, 5) is 12.1. The van der Waals surface area contributed by atoms with Crippen LogP contribution in [0.5, 0.6) is 5.75 Å². The smallest absolute Gasteiger partial charge is 0.417 e. The third-order valence-corrected chi connectivity index (χ3v) is 6.20. The molecule has 0 aliphatic carbocycles. The molecule has 168 valence electrons. The summed E-state index contributed by atoms with van der Waals surface area (Å²) in [5.41, 5.74) is -2.26. The molecule has 1 aliphatic rings. The van der Waals surface area contributed by atoms with Crippen LogP contribution in [0.3, 0.4) is 0 Å². The van der Waals surface area contributed by atoms with Crippen LogP contribution in [0.2, 0.25) is 5.02 Å². The first-order chi connectivity index (χ1) is 14.4. The summed E-state index contributed by atoms with van der Waals surface area (Å²) in [6.07, 6.45) is -4.04. The van der Waals surface area contributed by atoms with E-state index in [9.17, 15) is 35.2 Å². The van der Waals surface area contributed by atoms with Crippen LogP contribution in [-0.4, -0.2) is 31.7 Å². The Hall–Kier alpha value is -2.44. The van der Waals surface area contributed by atoms with Gasteiger partial charge >= 0.3 is 16.4 Å². The van der Waals surface area contributed by atoms with E-state index < -0.39 is 56.7 Å². The van der Waals surface area contributed by atoms with Crippen LogP contribution in [0.25, 0.3) is 0 Å². The minimum absolute atomic E-state index is 0.125. The molecule has 1 N–H and O–H groups in total. The molecule has 2 aromatic carbocycles. The highest BCUT2D eigenvalue weighted by Crippen LogP contribution is 2.36. The maximum absolute atomic E-state index is 14.3. The van der Waals surface area contributed by atoms with Crippen molar-refractivity contribution >= 4 is 27.7 Å². The fraction of sp³-hybridized carbons (Fsp3) is 0.278. The van der Waals surface area contributed by atoms with Crippen molar-refractivity contribution in [2.75, 3.05) is 13.1 Å². The van der Waals surface area contributed by atoms with Gasteiger partial charge in [-0.2, -0.15) is 25.9 Å². The number of benzene rings is 2. The van der Waals surface area contributed by atoms with E-state index in [-0.39, 0.29) is 24.4 Å². The first-order valence-electron chi connectivity index (χ1n) is 8.68. The molecule has 0 aromatic heterocycles. The molecule has 0 atom stereocenters. The van der Waals surface area contributed by atoms with Crippen LogP contribution in [0.4, 0.5) is 22.0 Å². The second-order valence-electron chi connectivity index (χ2n) is 6.54. The Labute approximate surface area is 178 Å². The Morgan fingerprint density at radius 1 is 1.13 bits per heavy atom. The fourth-order valence-corrected chi connectivity index (χ4v) is 4.10. The van der Waals surface area contributed by atoms with E-state index >= 15 is 0 Å². The number of halogens is 6. The Kier molecular flexibility index (Phi) is 6.44. The highest BCUT2D eigenvalue weighted by molar-refractivity contribution is 7.87. The van der Waals surface area contributed by atoms with Gasteiger partial charge in [0.15, 0.2) is 0 Å². The molecule has 1 fully saturated rings. The van der Waals surface area contributed by atoms with Crippen molar-refractivity contribution < 1.29 is 39.9 Å². The summed E-state index contributed by atoms with van der Waals surface area (Å²) in [6, 6.07) is 3.66. The van der Waals surface area contributed by atoms with Gasteiger partial charge in [-0.1, -0.05) is 11.6 Å². The average molecular weight is 485 g/mol. The van der Waals surface area contributed by atoms with E-state index in [1.54, 1.807) is 4.72 Å². The third-order valence-electron chi connectivity index (χ3n) is 4.40. The Morgan fingerprint density at radius 3 is 2.35 bits per heavy atom. The largest absolute Gasteiger partial charge is 0.489 e. The number of rotatable bonds is 6. The molecular formula is C18H14ClF5N2O4S. The van der Waals surface area contributed by atoms with E-state index in [0.29, 0.717) is 24.6 Å². The zero-order chi connectivity index (χ0) is 23.0. The lowest BCUT2D eigenvalue weighted by atomic mass is 10.1. The van der Waals surface area contributed by atoms with Gasteiger partial charge < -0.3 is 4.74 Å². The van der Waals surface area contributed by atoms with Crippen molar-refractivity contribution in [1.82, 2.24) is 9.03 Å². The topological polar surface area (TPSA) is 75.7 Å². The minimum Gasteiger partial charge on any atom is -0.489 e. The summed E-state index contributed by atoms with van der Waals surface area (Å²) >= 11 is 5.57. The van der Waals surface area contributed by atoms with Crippen molar-refractivity contribution in [1.29, 1.82) is 0 Å². The molecule has 6 nitrogen and oxygen atoms in total. The third kappa shape index (κ3) is 5.25. The number of hydrogen-bond donors (Lipinski definition) is 1. The van der Waals surface area contributed by atoms with Crippen LogP contribution in [0, 0.1) is 11.6 Å². The van der Waals surface area contributed by atoms with Crippen LogP contribution in [0.15, 0.2) is 30.3 Å². The molecule has 1 aliphatic heterocycles. The molecule has 2 aromatic rings. The SMILES string of the molecule is O=C(NS(=O)(=O)N1CCC1)c1cc(F)c(COc2ccc(C(F)(F)F)c(Cl)c2)cc1F. The average Bonchev–Trinajstić information content (AvgIpc) is 2.58. The monoisotopic (exact) mass is 484 g/mol. The molecule has 1 heterocycles. The highest BCUT2D eigenvalue weighted by atomic mass is 35.5. The highest BCUT2D eigenvalue weighted by Gasteiger charge is 2.33. The lowest BCUT2D eigenvalue weighted by Gasteiger charge is -2.29. The van der Waals surface area contributed by atoms with Gasteiger partial charge in [0.1, 0.15) is 24.0 Å². The van der Waals surface area contributed by atoms with Crippen LogP contribution < -0.4 is 9.46 Å². The van der Waals surface area contributed by atoms with Gasteiger partial charge in [0.25, 0.3) is 5.91 Å². The van der Waals surface area contributed by atoms with Crippen molar-refractivity contribution in [2.45, 2.75) is 19.2 Å². The van der Waals surface area contributed by atoms with Crippen molar-refractivity contribution in [2.24, 2.45) is 0 Å². The number of carbonyl (C=O) groups is 1. The van der Waals surface area contributed by atoms with Crippen LogP contribution in [-0.2, 0) is 23.0 Å². The summed E-state index contributed by atoms with van der Waals surface area (Å²) in [6.45, 7) is -0.161. The molecular weight excluding hydrogens is 471 g/mol. The molecule has 1 amide bonds. The lowest BCUT2D eigenvalue weighted by molar-refractivity contribution is -0.137. The van der Waals surface area contributed by atoms with Crippen molar-refractivity contribution in [3.05, 3.63) is 63.7 Å². The van der Waals surface area contributed by atoms with Gasteiger partial charge in [-0.05, 0) is 36.8 Å². The molecule has 13 heteroatoms. The number of nitrogens with zero attached hydrogens (tertiary/aromatic N) is 1. The number of amides is 1. The van der Waals surface area contributed by atoms with Crippen LogP contribution >= 0.6 is 11.6 Å². The Balaban J connectivity index is 1.72. The van der Waals surface area contributed by atoms with E-state index in [2.05, 4.69) is 0 Å². The van der Waals surface area contributed by atoms with Crippen molar-refractivity contribution in [3.63, 3.8) is 0 Å². The van der Waals surface area contributed by atoms with Gasteiger partial charge in [0, 0.05) is 18.7 Å². The van der Waals surface area contributed by atoms with Gasteiger partial charge in [-0.25, -0.2) is 13.5 Å².